The quantitative estimate of drug-likeness (QED) is 0.271. The summed E-state index contributed by atoms with van der Waals surface area (Å²) in [4.78, 5) is 0. The largest absolute Gasteiger partial charge is 0.0654 e. The van der Waals surface area contributed by atoms with Gasteiger partial charge in [-0.05, 0) is 11.8 Å². The first-order valence-corrected chi connectivity index (χ1v) is 9.49. The molecule has 0 aromatic rings. The highest BCUT2D eigenvalue weighted by Gasteiger charge is 2.02. The molecule has 0 aromatic carbocycles. The van der Waals surface area contributed by atoms with Crippen molar-refractivity contribution in [2.45, 2.75) is 111 Å². The van der Waals surface area contributed by atoms with Gasteiger partial charge in [-0.1, -0.05) is 118 Å². The SMILES string of the molecule is [CH2]C(C)CCCCC(C)CCCCCCCCCCC. The highest BCUT2D eigenvalue weighted by molar-refractivity contribution is 4.58. The van der Waals surface area contributed by atoms with Gasteiger partial charge in [0.15, 0.2) is 0 Å². The van der Waals surface area contributed by atoms with Crippen molar-refractivity contribution in [2.24, 2.45) is 11.8 Å². The summed E-state index contributed by atoms with van der Waals surface area (Å²) in [5, 5.41) is 0. The van der Waals surface area contributed by atoms with E-state index in [0.29, 0.717) is 5.92 Å². The minimum absolute atomic E-state index is 0.641. The van der Waals surface area contributed by atoms with E-state index in [4.69, 9.17) is 0 Å². The zero-order chi connectivity index (χ0) is 15.1. The lowest BCUT2D eigenvalue weighted by molar-refractivity contribution is 0.426. The van der Waals surface area contributed by atoms with Crippen LogP contribution in [-0.4, -0.2) is 0 Å². The summed E-state index contributed by atoms with van der Waals surface area (Å²) in [5.74, 6) is 1.59. The molecule has 0 nitrogen and oxygen atoms in total. The van der Waals surface area contributed by atoms with Crippen LogP contribution in [0.2, 0.25) is 0 Å². The molecule has 0 aliphatic carbocycles. The van der Waals surface area contributed by atoms with Crippen LogP contribution in [0.4, 0.5) is 0 Å². The highest BCUT2D eigenvalue weighted by Crippen LogP contribution is 2.18. The molecule has 0 saturated heterocycles. The van der Waals surface area contributed by atoms with E-state index in [1.54, 1.807) is 0 Å². The maximum atomic E-state index is 4.06. The third kappa shape index (κ3) is 16.1. The first-order valence-electron chi connectivity index (χ1n) is 9.49. The Morgan fingerprint density at radius 2 is 1.00 bits per heavy atom. The lowest BCUT2D eigenvalue weighted by atomic mass is 9.95. The van der Waals surface area contributed by atoms with Crippen LogP contribution in [0.3, 0.4) is 0 Å². The van der Waals surface area contributed by atoms with Crippen LogP contribution in [0.15, 0.2) is 0 Å². The zero-order valence-corrected chi connectivity index (χ0v) is 14.8. The fourth-order valence-electron chi connectivity index (χ4n) is 2.93. The van der Waals surface area contributed by atoms with Crippen molar-refractivity contribution in [1.82, 2.24) is 0 Å². The monoisotopic (exact) mass is 281 g/mol. The van der Waals surface area contributed by atoms with E-state index in [0.717, 1.165) is 5.92 Å². The summed E-state index contributed by atoms with van der Waals surface area (Å²) in [5.41, 5.74) is 0. The predicted molar refractivity (Wildman–Crippen MR) is 94.0 cm³/mol. The van der Waals surface area contributed by atoms with E-state index in [1.165, 1.54) is 89.9 Å². The second-order valence-electron chi connectivity index (χ2n) is 7.11. The number of rotatable bonds is 15. The van der Waals surface area contributed by atoms with Gasteiger partial charge in [-0.3, -0.25) is 0 Å². The van der Waals surface area contributed by atoms with Crippen LogP contribution in [0.1, 0.15) is 111 Å². The molecule has 0 spiro atoms. The summed E-state index contributed by atoms with van der Waals surface area (Å²) in [6.45, 7) is 11.0. The van der Waals surface area contributed by atoms with E-state index in [1.807, 2.05) is 0 Å². The molecule has 0 aromatic heterocycles. The van der Waals surface area contributed by atoms with Crippen LogP contribution in [-0.2, 0) is 0 Å². The van der Waals surface area contributed by atoms with E-state index >= 15 is 0 Å². The smallest absolute Gasteiger partial charge is 0.0443 e. The molecule has 0 saturated carbocycles. The van der Waals surface area contributed by atoms with Crippen LogP contribution in [0.5, 0.6) is 0 Å². The van der Waals surface area contributed by atoms with Crippen molar-refractivity contribution >= 4 is 0 Å². The zero-order valence-electron chi connectivity index (χ0n) is 14.8. The van der Waals surface area contributed by atoms with Crippen molar-refractivity contribution in [2.75, 3.05) is 0 Å². The van der Waals surface area contributed by atoms with E-state index < -0.39 is 0 Å². The minimum atomic E-state index is 0.641. The highest BCUT2D eigenvalue weighted by atomic mass is 14.1. The molecule has 0 heterocycles. The van der Waals surface area contributed by atoms with Gasteiger partial charge in [-0.2, -0.15) is 0 Å². The Morgan fingerprint density at radius 1 is 0.600 bits per heavy atom. The molecule has 0 bridgehead atoms. The van der Waals surface area contributed by atoms with Crippen LogP contribution in [0.25, 0.3) is 0 Å². The van der Waals surface area contributed by atoms with Gasteiger partial charge in [0.05, 0.1) is 0 Å². The Hall–Kier alpha value is 0. The van der Waals surface area contributed by atoms with Gasteiger partial charge in [0.1, 0.15) is 0 Å². The standard InChI is InChI=1S/C20H41/c1-5-6-7-8-9-10-11-12-13-17-20(4)18-15-14-16-19(2)3/h19-20H,2,5-18H2,1,3-4H3. The van der Waals surface area contributed by atoms with Gasteiger partial charge in [-0.15, -0.1) is 0 Å². The fraction of sp³-hybridized carbons (Fsp3) is 0.950. The predicted octanol–water partition coefficient (Wildman–Crippen LogP) is 7.57. The number of hydrogen-bond acceptors (Lipinski definition) is 0. The summed E-state index contributed by atoms with van der Waals surface area (Å²) < 4.78 is 0. The molecule has 0 amide bonds. The molecule has 0 fully saturated rings. The summed E-state index contributed by atoms with van der Waals surface area (Å²) in [6, 6.07) is 0. The Balaban J connectivity index is 3.13. The molecule has 121 valence electrons. The summed E-state index contributed by atoms with van der Waals surface area (Å²) in [6.07, 6.45) is 20.1. The lowest BCUT2D eigenvalue weighted by Gasteiger charge is -2.11. The topological polar surface area (TPSA) is 0 Å². The first kappa shape index (κ1) is 20.0. The number of unbranched alkanes of at least 4 members (excludes halogenated alkanes) is 9. The third-order valence-corrected chi connectivity index (χ3v) is 4.44. The van der Waals surface area contributed by atoms with Gasteiger partial charge < -0.3 is 0 Å². The van der Waals surface area contributed by atoms with Crippen molar-refractivity contribution in [3.8, 4) is 0 Å². The maximum Gasteiger partial charge on any atom is -0.0443 e. The summed E-state index contributed by atoms with van der Waals surface area (Å²) in [7, 11) is 0. The van der Waals surface area contributed by atoms with E-state index in [-0.39, 0.29) is 0 Å². The lowest BCUT2D eigenvalue weighted by Crippen LogP contribution is -1.96. The van der Waals surface area contributed by atoms with Crippen LogP contribution in [0, 0.1) is 18.8 Å². The van der Waals surface area contributed by atoms with Crippen LogP contribution < -0.4 is 0 Å². The van der Waals surface area contributed by atoms with Gasteiger partial charge in [0, 0.05) is 0 Å². The number of hydrogen-bond donors (Lipinski definition) is 0. The van der Waals surface area contributed by atoms with Crippen molar-refractivity contribution in [3.63, 3.8) is 0 Å². The molecule has 0 rings (SSSR count). The molecule has 2 atom stereocenters. The molecular formula is C20H41. The van der Waals surface area contributed by atoms with Gasteiger partial charge >= 0.3 is 0 Å². The van der Waals surface area contributed by atoms with Crippen molar-refractivity contribution < 1.29 is 0 Å². The molecule has 20 heavy (non-hydrogen) atoms. The molecule has 2 unspecified atom stereocenters. The Labute approximate surface area is 130 Å². The molecule has 1 radical (unpaired) electrons. The molecule has 0 heteroatoms. The van der Waals surface area contributed by atoms with Gasteiger partial charge in [0.25, 0.3) is 0 Å². The van der Waals surface area contributed by atoms with Crippen LogP contribution >= 0.6 is 0 Å². The maximum absolute atomic E-state index is 4.06. The average Bonchev–Trinajstić information content (AvgIpc) is 2.41. The average molecular weight is 282 g/mol. The van der Waals surface area contributed by atoms with E-state index in [9.17, 15) is 0 Å². The molecule has 0 aliphatic rings. The second-order valence-corrected chi connectivity index (χ2v) is 7.11. The minimum Gasteiger partial charge on any atom is -0.0654 e. The van der Waals surface area contributed by atoms with Crippen molar-refractivity contribution in [3.05, 3.63) is 6.92 Å². The fourth-order valence-corrected chi connectivity index (χ4v) is 2.93. The van der Waals surface area contributed by atoms with Gasteiger partial charge in [0.2, 0.25) is 0 Å². The molecule has 0 N–H and O–H groups in total. The Bertz CT molecular complexity index is 171. The van der Waals surface area contributed by atoms with E-state index in [2.05, 4.69) is 27.7 Å². The second kappa shape index (κ2) is 15.4. The van der Waals surface area contributed by atoms with Gasteiger partial charge in [-0.25, -0.2) is 0 Å². The van der Waals surface area contributed by atoms with Crippen molar-refractivity contribution in [1.29, 1.82) is 0 Å². The Morgan fingerprint density at radius 3 is 1.50 bits per heavy atom. The third-order valence-electron chi connectivity index (χ3n) is 4.44. The molecular weight excluding hydrogens is 240 g/mol. The summed E-state index contributed by atoms with van der Waals surface area (Å²) >= 11 is 0. The first-order chi connectivity index (χ1) is 9.66. The Kier molecular flexibility index (Phi) is 15.4. The normalized spacial score (nSPS) is 13.1. The molecule has 0 aliphatic heterocycles.